The lowest BCUT2D eigenvalue weighted by Gasteiger charge is -2.18. The molecule has 0 bridgehead atoms. The van der Waals surface area contributed by atoms with Gasteiger partial charge in [0.25, 0.3) is 0 Å². The van der Waals surface area contributed by atoms with Gasteiger partial charge in [0, 0.05) is 19.5 Å². The summed E-state index contributed by atoms with van der Waals surface area (Å²) < 4.78 is 11.3. The molecule has 0 saturated carbocycles. The number of fused-ring (bicyclic) bond motifs is 1. The van der Waals surface area contributed by atoms with Crippen LogP contribution in [0.1, 0.15) is 12.3 Å². The van der Waals surface area contributed by atoms with E-state index in [-0.39, 0.29) is 0 Å². The normalized spacial score (nSPS) is 14.7. The highest BCUT2D eigenvalue weighted by Gasteiger charge is 2.21. The molecule has 19 heavy (non-hydrogen) atoms. The van der Waals surface area contributed by atoms with Crippen LogP contribution in [0.25, 0.3) is 0 Å². The van der Waals surface area contributed by atoms with Gasteiger partial charge in [0.2, 0.25) is 5.89 Å². The second kappa shape index (κ2) is 5.27. The largest absolute Gasteiger partial charge is 0.491 e. The predicted molar refractivity (Wildman–Crippen MR) is 70.6 cm³/mol. The average molecular weight is 260 g/mol. The monoisotopic (exact) mass is 260 g/mol. The molecule has 0 fully saturated rings. The molecule has 1 aromatic carbocycles. The van der Waals surface area contributed by atoms with Crippen LogP contribution in [-0.4, -0.2) is 29.9 Å². The summed E-state index contributed by atoms with van der Waals surface area (Å²) in [7, 11) is 0. The van der Waals surface area contributed by atoms with Gasteiger partial charge in [-0.15, -0.1) is 5.10 Å². The van der Waals surface area contributed by atoms with Crippen LogP contribution in [0.4, 0.5) is 11.7 Å². The summed E-state index contributed by atoms with van der Waals surface area (Å²) in [6.07, 6.45) is 1.50. The van der Waals surface area contributed by atoms with E-state index in [0.29, 0.717) is 31.5 Å². The third kappa shape index (κ3) is 2.39. The van der Waals surface area contributed by atoms with Crippen LogP contribution in [0, 0.1) is 0 Å². The maximum absolute atomic E-state index is 5.70. The van der Waals surface area contributed by atoms with E-state index in [1.165, 1.54) is 0 Å². The summed E-state index contributed by atoms with van der Waals surface area (Å²) >= 11 is 0. The Bertz CT molecular complexity index is 555. The molecule has 0 atom stereocenters. The molecule has 2 heterocycles. The summed E-state index contributed by atoms with van der Waals surface area (Å²) in [6, 6.07) is 8.37. The fraction of sp³-hybridized carbons (Fsp3) is 0.385. The van der Waals surface area contributed by atoms with Gasteiger partial charge in [-0.3, -0.25) is 4.90 Å². The zero-order valence-corrected chi connectivity index (χ0v) is 10.6. The first-order valence-corrected chi connectivity index (χ1v) is 6.40. The van der Waals surface area contributed by atoms with Crippen molar-refractivity contribution in [1.29, 1.82) is 0 Å². The van der Waals surface area contributed by atoms with Crippen molar-refractivity contribution in [2.75, 3.05) is 24.6 Å². The van der Waals surface area contributed by atoms with E-state index in [2.05, 4.69) is 10.2 Å². The number of benzene rings is 1. The minimum Gasteiger partial charge on any atom is -0.491 e. The van der Waals surface area contributed by atoms with E-state index in [0.717, 1.165) is 24.4 Å². The van der Waals surface area contributed by atoms with Crippen molar-refractivity contribution < 1.29 is 9.15 Å². The highest BCUT2D eigenvalue weighted by atomic mass is 16.5. The Balaban J connectivity index is 1.94. The molecule has 1 aliphatic heterocycles. The van der Waals surface area contributed by atoms with Crippen molar-refractivity contribution in [3.05, 3.63) is 30.2 Å². The highest BCUT2D eigenvalue weighted by molar-refractivity contribution is 5.64. The Kier molecular flexibility index (Phi) is 3.33. The Hall–Kier alpha value is -2.08. The smallest absolute Gasteiger partial charge is 0.322 e. The van der Waals surface area contributed by atoms with E-state index < -0.39 is 0 Å². The fourth-order valence-corrected chi connectivity index (χ4v) is 2.10. The van der Waals surface area contributed by atoms with Crippen LogP contribution < -0.4 is 15.4 Å². The summed E-state index contributed by atoms with van der Waals surface area (Å²) in [5, 5.41) is 8.10. The lowest BCUT2D eigenvalue weighted by Crippen LogP contribution is -2.17. The maximum atomic E-state index is 5.70. The van der Waals surface area contributed by atoms with Gasteiger partial charge in [-0.05, 0) is 18.6 Å². The van der Waals surface area contributed by atoms with Gasteiger partial charge in [0.1, 0.15) is 5.75 Å². The fourth-order valence-electron chi connectivity index (χ4n) is 2.10. The van der Waals surface area contributed by atoms with Gasteiger partial charge in [-0.1, -0.05) is 17.2 Å². The van der Waals surface area contributed by atoms with E-state index in [1.54, 1.807) is 0 Å². The summed E-state index contributed by atoms with van der Waals surface area (Å²) in [6.45, 7) is 1.99. The summed E-state index contributed by atoms with van der Waals surface area (Å²) in [4.78, 5) is 2.00. The number of rotatable bonds is 3. The Morgan fingerprint density at radius 3 is 3.05 bits per heavy atom. The molecule has 2 N–H and O–H groups in total. The van der Waals surface area contributed by atoms with Gasteiger partial charge in [-0.25, -0.2) is 0 Å². The number of hydrogen-bond acceptors (Lipinski definition) is 6. The number of aromatic nitrogens is 2. The molecule has 3 rings (SSSR count). The molecule has 100 valence electrons. The molecule has 0 unspecified atom stereocenters. The molecule has 2 aromatic rings. The molecule has 0 saturated heterocycles. The van der Waals surface area contributed by atoms with Crippen molar-refractivity contribution in [2.45, 2.75) is 12.8 Å². The average Bonchev–Trinajstić information content (AvgIpc) is 2.78. The molecule has 6 nitrogen and oxygen atoms in total. The van der Waals surface area contributed by atoms with Gasteiger partial charge in [-0.2, -0.15) is 0 Å². The Morgan fingerprint density at radius 1 is 1.26 bits per heavy atom. The number of ether oxygens (including phenoxy) is 1. The van der Waals surface area contributed by atoms with E-state index >= 15 is 0 Å². The molecule has 6 heteroatoms. The molecular formula is C13H16N4O2. The second-order valence-corrected chi connectivity index (χ2v) is 4.34. The zero-order valence-electron chi connectivity index (χ0n) is 10.6. The molecule has 0 spiro atoms. The Labute approximate surface area is 111 Å². The number of anilines is 2. The molecule has 0 amide bonds. The van der Waals surface area contributed by atoms with Crippen LogP contribution in [0.2, 0.25) is 0 Å². The topological polar surface area (TPSA) is 77.4 Å². The molecule has 1 aliphatic rings. The lowest BCUT2D eigenvalue weighted by molar-refractivity contribution is 0.322. The van der Waals surface area contributed by atoms with Crippen LogP contribution in [0.5, 0.6) is 5.75 Å². The van der Waals surface area contributed by atoms with Gasteiger partial charge < -0.3 is 14.9 Å². The second-order valence-electron chi connectivity index (χ2n) is 4.34. The summed E-state index contributed by atoms with van der Waals surface area (Å²) in [5.41, 5.74) is 6.45. The molecule has 1 aromatic heterocycles. The number of hydrogen-bond donors (Lipinski definition) is 1. The molecule has 0 aliphatic carbocycles. The highest BCUT2D eigenvalue weighted by Crippen LogP contribution is 2.34. The van der Waals surface area contributed by atoms with Crippen LogP contribution in [-0.2, 0) is 6.42 Å². The first kappa shape index (κ1) is 12.0. The zero-order chi connectivity index (χ0) is 13.1. The van der Waals surface area contributed by atoms with Gasteiger partial charge >= 0.3 is 6.01 Å². The quantitative estimate of drug-likeness (QED) is 0.901. The molecule has 0 radical (unpaired) electrons. The van der Waals surface area contributed by atoms with Crippen molar-refractivity contribution in [3.63, 3.8) is 0 Å². The van der Waals surface area contributed by atoms with Crippen molar-refractivity contribution in [1.82, 2.24) is 10.2 Å². The van der Waals surface area contributed by atoms with Crippen LogP contribution >= 0.6 is 0 Å². The van der Waals surface area contributed by atoms with E-state index in [9.17, 15) is 0 Å². The van der Waals surface area contributed by atoms with Crippen molar-refractivity contribution in [3.8, 4) is 5.75 Å². The SMILES string of the molecule is NCCc1nnc(N2CCCOc3ccccc32)o1. The van der Waals surface area contributed by atoms with Crippen molar-refractivity contribution in [2.24, 2.45) is 5.73 Å². The molecular weight excluding hydrogens is 244 g/mol. The first-order valence-electron chi connectivity index (χ1n) is 6.40. The van der Waals surface area contributed by atoms with Crippen molar-refractivity contribution >= 4 is 11.7 Å². The number of nitrogens with zero attached hydrogens (tertiary/aromatic N) is 3. The minimum absolute atomic E-state index is 0.501. The third-order valence-electron chi connectivity index (χ3n) is 2.98. The summed E-state index contributed by atoms with van der Waals surface area (Å²) in [5.74, 6) is 1.42. The maximum Gasteiger partial charge on any atom is 0.322 e. The van der Waals surface area contributed by atoms with E-state index in [1.807, 2.05) is 29.2 Å². The van der Waals surface area contributed by atoms with Crippen LogP contribution in [0.3, 0.4) is 0 Å². The lowest BCUT2D eigenvalue weighted by atomic mass is 10.2. The Morgan fingerprint density at radius 2 is 2.16 bits per heavy atom. The number of nitrogens with two attached hydrogens (primary N) is 1. The van der Waals surface area contributed by atoms with Gasteiger partial charge in [0.15, 0.2) is 0 Å². The van der Waals surface area contributed by atoms with Gasteiger partial charge in [0.05, 0.1) is 12.3 Å². The predicted octanol–water partition coefficient (Wildman–Crippen LogP) is 1.49. The first-order chi connectivity index (χ1) is 9.38. The van der Waals surface area contributed by atoms with E-state index in [4.69, 9.17) is 14.9 Å². The standard InChI is InChI=1S/C13H16N4O2/c14-7-6-12-15-16-13(19-12)17-8-3-9-18-11-5-2-1-4-10(11)17/h1-2,4-5H,3,6-9,14H2. The van der Waals surface area contributed by atoms with Crippen LogP contribution in [0.15, 0.2) is 28.7 Å². The minimum atomic E-state index is 0.501. The number of para-hydroxylation sites is 2. The third-order valence-corrected chi connectivity index (χ3v) is 2.98.